The molecule has 2 fully saturated rings. The van der Waals surface area contributed by atoms with Crippen molar-refractivity contribution in [3.05, 3.63) is 0 Å². The van der Waals surface area contributed by atoms with Gasteiger partial charge in [-0.3, -0.25) is 14.5 Å². The number of carbonyl (C=O) groups is 2. The highest BCUT2D eigenvalue weighted by molar-refractivity contribution is 5.85. The Kier molecular flexibility index (Phi) is 6.26. The van der Waals surface area contributed by atoms with Crippen molar-refractivity contribution in [1.82, 2.24) is 15.1 Å². The van der Waals surface area contributed by atoms with E-state index >= 15 is 0 Å². The van der Waals surface area contributed by atoms with E-state index in [-0.39, 0.29) is 18.4 Å². The van der Waals surface area contributed by atoms with Crippen LogP contribution in [0.25, 0.3) is 0 Å². The van der Waals surface area contributed by atoms with Crippen molar-refractivity contribution in [2.24, 2.45) is 0 Å². The number of hydrogen-bond donors (Lipinski definition) is 1. The molecule has 2 rings (SSSR count). The molecule has 6 nitrogen and oxygen atoms in total. The first-order valence-electron chi connectivity index (χ1n) is 7.60. The summed E-state index contributed by atoms with van der Waals surface area (Å²) in [5.41, 5.74) is 0. The van der Waals surface area contributed by atoms with Crippen molar-refractivity contribution in [1.29, 1.82) is 0 Å². The van der Waals surface area contributed by atoms with Crippen LogP contribution in [-0.4, -0.2) is 74.1 Å². The first kappa shape index (κ1) is 15.3. The number of nitrogens with one attached hydrogen (secondary N) is 1. The van der Waals surface area contributed by atoms with E-state index in [1.54, 1.807) is 4.90 Å². The molecule has 0 bridgehead atoms. The molecular formula is C14H25N3O3. The lowest BCUT2D eigenvalue weighted by Gasteiger charge is -2.27. The lowest BCUT2D eigenvalue weighted by atomic mass is 10.1. The predicted molar refractivity (Wildman–Crippen MR) is 75.3 cm³/mol. The lowest BCUT2D eigenvalue weighted by molar-refractivity contribution is -0.137. The summed E-state index contributed by atoms with van der Waals surface area (Å²) < 4.78 is 5.29. The Bertz CT molecular complexity index is 330. The average molecular weight is 283 g/mol. The van der Waals surface area contributed by atoms with Gasteiger partial charge < -0.3 is 15.0 Å². The third kappa shape index (κ3) is 5.09. The predicted octanol–water partition coefficient (Wildman–Crippen LogP) is -0.163. The van der Waals surface area contributed by atoms with Gasteiger partial charge in [-0.25, -0.2) is 0 Å². The van der Waals surface area contributed by atoms with Crippen molar-refractivity contribution < 1.29 is 14.3 Å². The fourth-order valence-corrected chi connectivity index (χ4v) is 2.61. The monoisotopic (exact) mass is 283 g/mol. The van der Waals surface area contributed by atoms with E-state index in [2.05, 4.69) is 10.2 Å². The Balaban J connectivity index is 1.54. The lowest BCUT2D eigenvalue weighted by Crippen LogP contribution is -2.43. The Morgan fingerprint density at radius 1 is 1.20 bits per heavy atom. The fourth-order valence-electron chi connectivity index (χ4n) is 2.61. The molecule has 0 atom stereocenters. The van der Waals surface area contributed by atoms with Crippen LogP contribution in [0.2, 0.25) is 0 Å². The number of morpholine rings is 1. The molecule has 6 heteroatoms. The quantitative estimate of drug-likeness (QED) is 0.688. The summed E-state index contributed by atoms with van der Waals surface area (Å²) in [5, 5.41) is 2.90. The molecule has 0 saturated carbocycles. The minimum Gasteiger partial charge on any atom is -0.379 e. The molecule has 1 N–H and O–H groups in total. The van der Waals surface area contributed by atoms with Crippen molar-refractivity contribution in [2.75, 3.05) is 52.5 Å². The third-order valence-corrected chi connectivity index (χ3v) is 3.83. The molecule has 0 spiro atoms. The molecule has 0 aliphatic carbocycles. The molecule has 2 saturated heterocycles. The van der Waals surface area contributed by atoms with Gasteiger partial charge in [0.1, 0.15) is 0 Å². The number of carbonyl (C=O) groups excluding carboxylic acids is 2. The fraction of sp³-hybridized carbons (Fsp3) is 0.857. The number of amides is 2. The molecule has 0 unspecified atom stereocenters. The van der Waals surface area contributed by atoms with Crippen LogP contribution in [0, 0.1) is 0 Å². The van der Waals surface area contributed by atoms with Gasteiger partial charge in [-0.2, -0.15) is 0 Å². The Morgan fingerprint density at radius 2 is 2.00 bits per heavy atom. The van der Waals surface area contributed by atoms with Gasteiger partial charge in [0.05, 0.1) is 19.8 Å². The smallest absolute Gasteiger partial charge is 0.239 e. The largest absolute Gasteiger partial charge is 0.379 e. The van der Waals surface area contributed by atoms with Gasteiger partial charge in [0.25, 0.3) is 0 Å². The summed E-state index contributed by atoms with van der Waals surface area (Å²) in [7, 11) is 0. The molecule has 0 aromatic heterocycles. The van der Waals surface area contributed by atoms with Gasteiger partial charge in [0, 0.05) is 32.6 Å². The van der Waals surface area contributed by atoms with Crippen LogP contribution in [0.1, 0.15) is 25.7 Å². The maximum atomic E-state index is 11.8. The molecule has 0 aromatic carbocycles. The normalized spacial score (nSPS) is 21.0. The van der Waals surface area contributed by atoms with E-state index in [1.807, 2.05) is 0 Å². The van der Waals surface area contributed by atoms with Crippen LogP contribution >= 0.6 is 0 Å². The van der Waals surface area contributed by atoms with Crippen LogP contribution in [-0.2, 0) is 14.3 Å². The highest BCUT2D eigenvalue weighted by atomic mass is 16.5. The summed E-state index contributed by atoms with van der Waals surface area (Å²) in [6.07, 6.45) is 3.50. The summed E-state index contributed by atoms with van der Waals surface area (Å²) >= 11 is 0. The second-order valence-electron chi connectivity index (χ2n) is 5.43. The van der Waals surface area contributed by atoms with E-state index in [0.29, 0.717) is 13.0 Å². The zero-order valence-corrected chi connectivity index (χ0v) is 12.1. The van der Waals surface area contributed by atoms with Gasteiger partial charge in [-0.1, -0.05) is 0 Å². The van der Waals surface area contributed by atoms with Crippen molar-refractivity contribution in [3.63, 3.8) is 0 Å². The molecule has 20 heavy (non-hydrogen) atoms. The molecule has 0 radical (unpaired) electrons. The van der Waals surface area contributed by atoms with Gasteiger partial charge in [0.15, 0.2) is 0 Å². The highest BCUT2D eigenvalue weighted by Crippen LogP contribution is 2.09. The maximum Gasteiger partial charge on any atom is 0.239 e. The van der Waals surface area contributed by atoms with Gasteiger partial charge in [0.2, 0.25) is 11.8 Å². The Morgan fingerprint density at radius 3 is 2.75 bits per heavy atom. The topological polar surface area (TPSA) is 61.9 Å². The minimum absolute atomic E-state index is 0.0396. The number of piperidine rings is 1. The molecule has 0 aromatic rings. The molecule has 114 valence electrons. The standard InChI is InChI=1S/C14H25N3O3/c18-13(12-17-7-2-1-4-14(17)19)15-5-3-6-16-8-10-20-11-9-16/h1-12H2,(H,15,18). The zero-order chi connectivity index (χ0) is 14.2. The van der Waals surface area contributed by atoms with Crippen LogP contribution in [0.3, 0.4) is 0 Å². The second-order valence-corrected chi connectivity index (χ2v) is 5.43. The molecule has 2 heterocycles. The summed E-state index contributed by atoms with van der Waals surface area (Å²) in [6.45, 7) is 6.19. The minimum atomic E-state index is -0.0396. The number of ether oxygens (including phenoxy) is 1. The van der Waals surface area contributed by atoms with Crippen molar-refractivity contribution in [3.8, 4) is 0 Å². The van der Waals surface area contributed by atoms with Gasteiger partial charge in [-0.15, -0.1) is 0 Å². The first-order chi connectivity index (χ1) is 9.75. The van der Waals surface area contributed by atoms with Crippen LogP contribution in [0.15, 0.2) is 0 Å². The van der Waals surface area contributed by atoms with E-state index in [1.165, 1.54) is 0 Å². The number of nitrogens with zero attached hydrogens (tertiary/aromatic N) is 2. The summed E-state index contributed by atoms with van der Waals surface area (Å²) in [5.74, 6) is 0.0712. The van der Waals surface area contributed by atoms with E-state index in [9.17, 15) is 9.59 Å². The Labute approximate surface area is 120 Å². The van der Waals surface area contributed by atoms with Crippen LogP contribution in [0.5, 0.6) is 0 Å². The number of rotatable bonds is 6. The molecule has 2 amide bonds. The molecular weight excluding hydrogens is 258 g/mol. The highest BCUT2D eigenvalue weighted by Gasteiger charge is 2.20. The van der Waals surface area contributed by atoms with E-state index < -0.39 is 0 Å². The number of hydrogen-bond acceptors (Lipinski definition) is 4. The Hall–Kier alpha value is -1.14. The second kappa shape index (κ2) is 8.21. The van der Waals surface area contributed by atoms with Crippen LogP contribution < -0.4 is 5.32 Å². The molecule has 2 aliphatic heterocycles. The van der Waals surface area contributed by atoms with Crippen molar-refractivity contribution >= 4 is 11.8 Å². The SMILES string of the molecule is O=C(CN1CCCCC1=O)NCCCN1CCOCC1. The van der Waals surface area contributed by atoms with Gasteiger partial charge in [-0.05, 0) is 25.8 Å². The van der Waals surface area contributed by atoms with Gasteiger partial charge >= 0.3 is 0 Å². The van der Waals surface area contributed by atoms with E-state index in [0.717, 1.165) is 58.7 Å². The van der Waals surface area contributed by atoms with Crippen molar-refractivity contribution in [2.45, 2.75) is 25.7 Å². The average Bonchev–Trinajstić information content (AvgIpc) is 2.47. The summed E-state index contributed by atoms with van der Waals surface area (Å²) in [4.78, 5) is 27.4. The zero-order valence-electron chi connectivity index (χ0n) is 12.1. The van der Waals surface area contributed by atoms with Crippen LogP contribution in [0.4, 0.5) is 0 Å². The van der Waals surface area contributed by atoms with E-state index in [4.69, 9.17) is 4.74 Å². The molecule has 2 aliphatic rings. The maximum absolute atomic E-state index is 11.8. The summed E-state index contributed by atoms with van der Waals surface area (Å²) in [6, 6.07) is 0. The first-order valence-corrected chi connectivity index (χ1v) is 7.60. The third-order valence-electron chi connectivity index (χ3n) is 3.83. The number of likely N-dealkylation sites (tertiary alicyclic amines) is 1.